The van der Waals surface area contributed by atoms with Crippen LogP contribution in [0.4, 0.5) is 0 Å². The molecule has 3 aromatic carbocycles. The summed E-state index contributed by atoms with van der Waals surface area (Å²) in [5.41, 5.74) is 7.30. The van der Waals surface area contributed by atoms with Gasteiger partial charge < -0.3 is 14.6 Å². The normalized spacial score (nSPS) is 13.1. The van der Waals surface area contributed by atoms with E-state index in [1.807, 2.05) is 57.2 Å². The maximum absolute atomic E-state index is 13.2. The molecule has 1 N–H and O–H groups in total. The van der Waals surface area contributed by atoms with Crippen molar-refractivity contribution in [2.24, 2.45) is 5.92 Å². The molecule has 0 spiro atoms. The van der Waals surface area contributed by atoms with Crippen molar-refractivity contribution in [3.63, 3.8) is 0 Å². The van der Waals surface area contributed by atoms with Crippen LogP contribution in [0.5, 0.6) is 5.75 Å². The molecule has 0 fully saturated rings. The van der Waals surface area contributed by atoms with E-state index in [1.165, 1.54) is 5.56 Å². The molecule has 6 heteroatoms. The predicted molar refractivity (Wildman–Crippen MR) is 164 cm³/mol. The summed E-state index contributed by atoms with van der Waals surface area (Å²) in [5.74, 6) is 0.877. The lowest BCUT2D eigenvalue weighted by atomic mass is 9.98. The van der Waals surface area contributed by atoms with Gasteiger partial charge in [-0.15, -0.1) is 0 Å². The number of carbonyl (C=O) groups excluding carboxylic acids is 2. The third-order valence-corrected chi connectivity index (χ3v) is 8.03. The van der Waals surface area contributed by atoms with Crippen molar-refractivity contribution < 1.29 is 14.3 Å². The Morgan fingerprint density at radius 1 is 0.975 bits per heavy atom. The quantitative estimate of drug-likeness (QED) is 0.200. The van der Waals surface area contributed by atoms with E-state index >= 15 is 0 Å². The molecule has 210 valence electrons. The average molecular weight is 559 g/mol. The minimum atomic E-state index is -0.560. The number of hydrogen-bond donors (Lipinski definition) is 1. The molecule has 0 radical (unpaired) electrons. The molecular weight excluding hydrogens is 520 g/mol. The van der Waals surface area contributed by atoms with Crippen molar-refractivity contribution in [1.29, 1.82) is 0 Å². The Hall–Kier alpha value is -3.57. The topological polar surface area (TPSA) is 60.3 Å². The SMILES string of the molecule is Cc1c(C)n(Cc2ccc(Cl)c(O[C@@H](C=O)C(C)C)c2)c2ccc(C(=O)N[C@@H](C)c3cccc(C(C)C)c3)cc12. The van der Waals surface area contributed by atoms with Gasteiger partial charge in [-0.3, -0.25) is 9.59 Å². The van der Waals surface area contributed by atoms with Crippen LogP contribution < -0.4 is 10.1 Å². The van der Waals surface area contributed by atoms with Gasteiger partial charge in [-0.1, -0.05) is 69.6 Å². The number of benzene rings is 3. The summed E-state index contributed by atoms with van der Waals surface area (Å²) < 4.78 is 8.16. The minimum absolute atomic E-state index is 0.0371. The number of nitrogens with zero attached hydrogens (tertiary/aromatic N) is 1. The molecule has 2 atom stereocenters. The van der Waals surface area contributed by atoms with E-state index in [4.69, 9.17) is 16.3 Å². The van der Waals surface area contributed by atoms with Crippen LogP contribution in [0.25, 0.3) is 10.9 Å². The maximum atomic E-state index is 13.2. The Morgan fingerprint density at radius 2 is 1.70 bits per heavy atom. The van der Waals surface area contributed by atoms with Crippen LogP contribution in [0.1, 0.15) is 84.9 Å². The molecule has 1 heterocycles. The van der Waals surface area contributed by atoms with Gasteiger partial charge in [0.05, 0.1) is 11.1 Å². The lowest BCUT2D eigenvalue weighted by Crippen LogP contribution is -2.26. The van der Waals surface area contributed by atoms with Crippen molar-refractivity contribution in [2.75, 3.05) is 0 Å². The summed E-state index contributed by atoms with van der Waals surface area (Å²) in [4.78, 5) is 24.7. The molecule has 0 aliphatic carbocycles. The number of aromatic nitrogens is 1. The van der Waals surface area contributed by atoms with Crippen molar-refractivity contribution in [2.45, 2.75) is 73.1 Å². The lowest BCUT2D eigenvalue weighted by Gasteiger charge is -2.19. The van der Waals surface area contributed by atoms with Gasteiger partial charge in [-0.2, -0.15) is 0 Å². The average Bonchev–Trinajstić information content (AvgIpc) is 3.17. The van der Waals surface area contributed by atoms with E-state index in [0.29, 0.717) is 28.8 Å². The van der Waals surface area contributed by atoms with Crippen LogP contribution in [-0.4, -0.2) is 22.9 Å². The maximum Gasteiger partial charge on any atom is 0.251 e. The highest BCUT2D eigenvalue weighted by Crippen LogP contribution is 2.31. The van der Waals surface area contributed by atoms with Crippen LogP contribution in [0.3, 0.4) is 0 Å². The van der Waals surface area contributed by atoms with E-state index in [9.17, 15) is 9.59 Å². The Labute approximate surface area is 242 Å². The van der Waals surface area contributed by atoms with Gasteiger partial charge in [-0.25, -0.2) is 0 Å². The van der Waals surface area contributed by atoms with Gasteiger partial charge in [0.2, 0.25) is 0 Å². The first-order valence-electron chi connectivity index (χ1n) is 13.9. The monoisotopic (exact) mass is 558 g/mol. The van der Waals surface area contributed by atoms with E-state index in [2.05, 4.69) is 61.8 Å². The zero-order chi connectivity index (χ0) is 29.1. The first-order chi connectivity index (χ1) is 19.0. The highest BCUT2D eigenvalue weighted by atomic mass is 35.5. The number of hydrogen-bond acceptors (Lipinski definition) is 3. The molecular formula is C34H39ClN2O3. The Bertz CT molecular complexity index is 1540. The van der Waals surface area contributed by atoms with Gasteiger partial charge in [0, 0.05) is 28.7 Å². The number of aryl methyl sites for hydroxylation is 1. The molecule has 4 aromatic rings. The second-order valence-electron chi connectivity index (χ2n) is 11.3. The summed E-state index contributed by atoms with van der Waals surface area (Å²) >= 11 is 6.39. The van der Waals surface area contributed by atoms with Crippen LogP contribution >= 0.6 is 11.6 Å². The van der Waals surface area contributed by atoms with Gasteiger partial charge in [0.15, 0.2) is 12.4 Å². The van der Waals surface area contributed by atoms with Crippen LogP contribution in [0.15, 0.2) is 60.7 Å². The first-order valence-corrected chi connectivity index (χ1v) is 14.3. The highest BCUT2D eigenvalue weighted by molar-refractivity contribution is 6.32. The molecule has 4 rings (SSSR count). The lowest BCUT2D eigenvalue weighted by molar-refractivity contribution is -0.115. The molecule has 0 saturated carbocycles. The molecule has 40 heavy (non-hydrogen) atoms. The fraction of sp³-hybridized carbons (Fsp3) is 0.353. The second-order valence-corrected chi connectivity index (χ2v) is 11.7. The van der Waals surface area contributed by atoms with E-state index in [0.717, 1.165) is 39.6 Å². The van der Waals surface area contributed by atoms with E-state index in [-0.39, 0.29) is 17.9 Å². The predicted octanol–water partition coefficient (Wildman–Crippen LogP) is 8.18. The van der Waals surface area contributed by atoms with Gasteiger partial charge in [-0.05, 0) is 85.2 Å². The van der Waals surface area contributed by atoms with Gasteiger partial charge >= 0.3 is 0 Å². The third-order valence-electron chi connectivity index (χ3n) is 7.72. The number of halogens is 1. The van der Waals surface area contributed by atoms with E-state index < -0.39 is 6.10 Å². The summed E-state index contributed by atoms with van der Waals surface area (Å²) in [6.07, 6.45) is 0.258. The smallest absolute Gasteiger partial charge is 0.251 e. The number of amides is 1. The fourth-order valence-corrected chi connectivity index (χ4v) is 5.09. The number of carbonyl (C=O) groups is 2. The largest absolute Gasteiger partial charge is 0.481 e. The first kappa shape index (κ1) is 29.4. The van der Waals surface area contributed by atoms with Crippen molar-refractivity contribution in [3.05, 3.63) is 99.2 Å². The summed E-state index contributed by atoms with van der Waals surface area (Å²) in [7, 11) is 0. The number of aldehydes is 1. The summed E-state index contributed by atoms with van der Waals surface area (Å²) in [5, 5.41) is 4.69. The molecule has 0 aliphatic rings. The number of fused-ring (bicyclic) bond motifs is 1. The number of nitrogens with one attached hydrogen (secondary N) is 1. The van der Waals surface area contributed by atoms with Crippen molar-refractivity contribution >= 4 is 34.7 Å². The molecule has 1 amide bonds. The number of rotatable bonds is 10. The third kappa shape index (κ3) is 6.26. The number of ether oxygens (including phenoxy) is 1. The van der Waals surface area contributed by atoms with Crippen LogP contribution in [-0.2, 0) is 11.3 Å². The van der Waals surface area contributed by atoms with Gasteiger partial charge in [0.1, 0.15) is 5.75 Å². The summed E-state index contributed by atoms with van der Waals surface area (Å²) in [6.45, 7) is 15.0. The Balaban J connectivity index is 1.58. The molecule has 5 nitrogen and oxygen atoms in total. The molecule has 0 saturated heterocycles. The van der Waals surface area contributed by atoms with Crippen LogP contribution in [0, 0.1) is 19.8 Å². The zero-order valence-electron chi connectivity index (χ0n) is 24.4. The summed E-state index contributed by atoms with van der Waals surface area (Å²) in [6, 6.07) is 19.9. The van der Waals surface area contributed by atoms with Crippen molar-refractivity contribution in [3.8, 4) is 5.75 Å². The molecule has 1 aromatic heterocycles. The molecule has 0 unspecified atom stereocenters. The van der Waals surface area contributed by atoms with E-state index in [1.54, 1.807) is 0 Å². The van der Waals surface area contributed by atoms with Gasteiger partial charge in [0.25, 0.3) is 5.91 Å². The standard InChI is InChI=1S/C34H39ClN2O3/c1-20(2)26-9-8-10-27(16-26)23(6)36-34(39)28-12-14-31-29(17-28)22(5)24(7)37(31)18-25-11-13-30(35)32(15-25)40-33(19-38)21(3)4/h8-17,19-21,23,33H,18H2,1-7H3,(H,36,39)/t23-,33-/m0/s1. The minimum Gasteiger partial charge on any atom is -0.481 e. The molecule has 0 aliphatic heterocycles. The molecule has 0 bridgehead atoms. The Kier molecular flexibility index (Phi) is 9.05. The Morgan fingerprint density at radius 3 is 2.38 bits per heavy atom. The zero-order valence-corrected chi connectivity index (χ0v) is 25.2. The van der Waals surface area contributed by atoms with Crippen LogP contribution in [0.2, 0.25) is 5.02 Å². The highest BCUT2D eigenvalue weighted by Gasteiger charge is 2.19. The van der Waals surface area contributed by atoms with Crippen molar-refractivity contribution in [1.82, 2.24) is 9.88 Å². The second kappa shape index (κ2) is 12.3. The fourth-order valence-electron chi connectivity index (χ4n) is 4.93.